The first-order valence-electron chi connectivity index (χ1n) is 11.4. The van der Waals surface area contributed by atoms with E-state index in [-0.39, 0.29) is 17.9 Å². The lowest BCUT2D eigenvalue weighted by Crippen LogP contribution is -2.48. The number of fused-ring (bicyclic) bond motifs is 4. The number of rotatable bonds is 7. The number of aryl methyl sites for hydroxylation is 3. The molecule has 1 aromatic carbocycles. The number of amides is 2. The van der Waals surface area contributed by atoms with Crippen molar-refractivity contribution in [3.8, 4) is 0 Å². The van der Waals surface area contributed by atoms with E-state index in [4.69, 9.17) is 8.83 Å². The van der Waals surface area contributed by atoms with Crippen LogP contribution in [0.2, 0.25) is 0 Å². The van der Waals surface area contributed by atoms with Gasteiger partial charge in [0.1, 0.15) is 23.0 Å². The van der Waals surface area contributed by atoms with E-state index in [2.05, 4.69) is 10.6 Å². The van der Waals surface area contributed by atoms with E-state index in [9.17, 15) is 24.3 Å². The first-order chi connectivity index (χ1) is 16.2. The Labute approximate surface area is 195 Å². The molecule has 0 bridgehead atoms. The molecule has 0 unspecified atom stereocenters. The van der Waals surface area contributed by atoms with Crippen LogP contribution < -0.4 is 16.3 Å². The predicted octanol–water partition coefficient (Wildman–Crippen LogP) is 2.61. The third-order valence-corrected chi connectivity index (χ3v) is 6.40. The molecule has 2 aromatic heterocycles. The number of carboxylic acids is 1. The van der Waals surface area contributed by atoms with E-state index in [1.807, 2.05) is 6.07 Å². The number of carboxylic acid groups (broad SMARTS) is 1. The SMILES string of the molecule is Cc1c(CC(=O)NCC(=O)N[C@@H](C(=O)O)C(C)C)c(=O)oc2cc3oc4c(c3cc12)CCCC4. The van der Waals surface area contributed by atoms with Crippen LogP contribution in [0.1, 0.15) is 49.1 Å². The van der Waals surface area contributed by atoms with E-state index in [1.165, 1.54) is 5.56 Å². The maximum absolute atomic E-state index is 12.6. The standard InChI is InChI=1S/C25H28N2O7/c1-12(2)23(24(30)31)27-22(29)11-26-21(28)9-16-13(3)15-8-17-14-6-4-5-7-18(14)33-20(17)10-19(15)34-25(16)32/h8,10,12,23H,4-7,9,11H2,1-3H3,(H,26,28)(H,27,29)(H,30,31)/t23-/m1/s1. The van der Waals surface area contributed by atoms with Gasteiger partial charge < -0.3 is 24.6 Å². The van der Waals surface area contributed by atoms with Gasteiger partial charge in [-0.1, -0.05) is 13.8 Å². The fraction of sp³-hybridized carbons (Fsp3) is 0.440. The van der Waals surface area contributed by atoms with Gasteiger partial charge in [0.05, 0.1) is 18.5 Å². The number of nitrogens with one attached hydrogen (secondary N) is 2. The molecule has 4 rings (SSSR count). The van der Waals surface area contributed by atoms with Gasteiger partial charge in [-0.05, 0) is 43.7 Å². The van der Waals surface area contributed by atoms with Crippen molar-refractivity contribution in [1.29, 1.82) is 0 Å². The molecule has 1 atom stereocenters. The minimum absolute atomic E-state index is 0.215. The van der Waals surface area contributed by atoms with Crippen LogP contribution in [-0.2, 0) is 33.6 Å². The maximum atomic E-state index is 12.6. The number of furan rings is 1. The molecule has 9 nitrogen and oxygen atoms in total. The summed E-state index contributed by atoms with van der Waals surface area (Å²) in [6.45, 7) is 4.72. The molecule has 0 saturated heterocycles. The molecule has 2 amide bonds. The van der Waals surface area contributed by atoms with Gasteiger partial charge in [-0.25, -0.2) is 9.59 Å². The van der Waals surface area contributed by atoms with Gasteiger partial charge in [-0.15, -0.1) is 0 Å². The third kappa shape index (κ3) is 4.55. The molecule has 0 spiro atoms. The van der Waals surface area contributed by atoms with Crippen molar-refractivity contribution in [1.82, 2.24) is 10.6 Å². The van der Waals surface area contributed by atoms with Gasteiger partial charge in [-0.2, -0.15) is 0 Å². The Hall–Kier alpha value is -3.62. The second-order valence-electron chi connectivity index (χ2n) is 9.13. The van der Waals surface area contributed by atoms with Crippen LogP contribution in [0.15, 0.2) is 25.8 Å². The average Bonchev–Trinajstić information content (AvgIpc) is 3.14. The Balaban J connectivity index is 1.53. The largest absolute Gasteiger partial charge is 0.480 e. The first-order valence-corrected chi connectivity index (χ1v) is 11.4. The number of carbonyl (C=O) groups is 3. The Morgan fingerprint density at radius 2 is 1.74 bits per heavy atom. The number of hydrogen-bond acceptors (Lipinski definition) is 6. The molecule has 2 heterocycles. The monoisotopic (exact) mass is 468 g/mol. The summed E-state index contributed by atoms with van der Waals surface area (Å²) in [5.41, 5.74) is 2.53. The van der Waals surface area contributed by atoms with Crippen molar-refractivity contribution < 1.29 is 28.3 Å². The van der Waals surface area contributed by atoms with Crippen LogP contribution in [0.25, 0.3) is 21.9 Å². The molecule has 1 aliphatic carbocycles. The highest BCUT2D eigenvalue weighted by Crippen LogP contribution is 2.35. The van der Waals surface area contributed by atoms with Crippen LogP contribution in [-0.4, -0.2) is 35.5 Å². The molecule has 1 aliphatic rings. The van der Waals surface area contributed by atoms with Crippen molar-refractivity contribution in [2.75, 3.05) is 6.54 Å². The zero-order chi connectivity index (χ0) is 24.6. The van der Waals surface area contributed by atoms with Crippen molar-refractivity contribution in [3.05, 3.63) is 45.0 Å². The average molecular weight is 469 g/mol. The third-order valence-electron chi connectivity index (χ3n) is 6.40. The van der Waals surface area contributed by atoms with Gasteiger partial charge >= 0.3 is 11.6 Å². The van der Waals surface area contributed by atoms with Crippen LogP contribution >= 0.6 is 0 Å². The highest BCUT2D eigenvalue weighted by atomic mass is 16.4. The molecule has 9 heteroatoms. The summed E-state index contributed by atoms with van der Waals surface area (Å²) >= 11 is 0. The van der Waals surface area contributed by atoms with Crippen molar-refractivity contribution >= 4 is 39.7 Å². The zero-order valence-electron chi connectivity index (χ0n) is 19.4. The van der Waals surface area contributed by atoms with Gasteiger partial charge in [0.2, 0.25) is 11.8 Å². The molecular weight excluding hydrogens is 440 g/mol. The fourth-order valence-electron chi connectivity index (χ4n) is 4.49. The van der Waals surface area contributed by atoms with Crippen molar-refractivity contribution in [2.45, 2.75) is 58.9 Å². The minimum Gasteiger partial charge on any atom is -0.480 e. The van der Waals surface area contributed by atoms with Crippen molar-refractivity contribution in [3.63, 3.8) is 0 Å². The van der Waals surface area contributed by atoms with E-state index in [0.717, 1.165) is 42.2 Å². The summed E-state index contributed by atoms with van der Waals surface area (Å²) in [5.74, 6) is -1.63. The highest BCUT2D eigenvalue weighted by Gasteiger charge is 2.24. The Bertz CT molecular complexity index is 1350. The topological polar surface area (TPSA) is 139 Å². The van der Waals surface area contributed by atoms with Gasteiger partial charge in [0.15, 0.2) is 0 Å². The summed E-state index contributed by atoms with van der Waals surface area (Å²) in [6, 6.07) is 2.65. The van der Waals surface area contributed by atoms with Crippen LogP contribution in [0, 0.1) is 12.8 Å². The second kappa shape index (κ2) is 9.32. The first kappa shape index (κ1) is 23.5. The molecule has 34 heavy (non-hydrogen) atoms. The predicted molar refractivity (Wildman–Crippen MR) is 125 cm³/mol. The van der Waals surface area contributed by atoms with Gasteiger partial charge in [-0.3, -0.25) is 9.59 Å². The summed E-state index contributed by atoms with van der Waals surface area (Å²) in [7, 11) is 0. The van der Waals surface area contributed by atoms with Crippen LogP contribution in [0.3, 0.4) is 0 Å². The van der Waals surface area contributed by atoms with E-state index < -0.39 is 36.0 Å². The molecular formula is C25H28N2O7. The van der Waals surface area contributed by atoms with E-state index in [1.54, 1.807) is 26.8 Å². The Morgan fingerprint density at radius 3 is 2.44 bits per heavy atom. The maximum Gasteiger partial charge on any atom is 0.340 e. The van der Waals surface area contributed by atoms with E-state index in [0.29, 0.717) is 16.7 Å². The molecule has 0 fully saturated rings. The van der Waals surface area contributed by atoms with Gasteiger partial charge in [0, 0.05) is 28.8 Å². The summed E-state index contributed by atoms with van der Waals surface area (Å²) in [4.78, 5) is 48.4. The molecule has 0 aliphatic heterocycles. The quantitative estimate of drug-likeness (QED) is 0.453. The van der Waals surface area contributed by atoms with Crippen molar-refractivity contribution in [2.24, 2.45) is 5.92 Å². The zero-order valence-corrected chi connectivity index (χ0v) is 19.4. The second-order valence-corrected chi connectivity index (χ2v) is 9.13. The number of aliphatic carboxylic acids is 1. The number of benzene rings is 1. The normalized spacial score (nSPS) is 14.2. The molecule has 3 aromatic rings. The number of hydrogen-bond donors (Lipinski definition) is 3. The lowest BCUT2D eigenvalue weighted by Gasteiger charge is -2.18. The summed E-state index contributed by atoms with van der Waals surface area (Å²) in [6.07, 6.45) is 3.77. The molecule has 0 saturated carbocycles. The Morgan fingerprint density at radius 1 is 1.03 bits per heavy atom. The lowest BCUT2D eigenvalue weighted by molar-refractivity contribution is -0.143. The minimum atomic E-state index is -1.15. The fourth-order valence-corrected chi connectivity index (χ4v) is 4.49. The van der Waals surface area contributed by atoms with Crippen LogP contribution in [0.5, 0.6) is 0 Å². The Kier molecular flexibility index (Phi) is 6.45. The number of carbonyl (C=O) groups excluding carboxylic acids is 2. The molecule has 0 radical (unpaired) electrons. The van der Waals surface area contributed by atoms with Crippen LogP contribution in [0.4, 0.5) is 0 Å². The summed E-state index contributed by atoms with van der Waals surface area (Å²) < 4.78 is 11.5. The molecule has 3 N–H and O–H groups in total. The van der Waals surface area contributed by atoms with E-state index >= 15 is 0 Å². The van der Waals surface area contributed by atoms with Gasteiger partial charge in [0.25, 0.3) is 0 Å². The lowest BCUT2D eigenvalue weighted by atomic mass is 9.94. The highest BCUT2D eigenvalue weighted by molar-refractivity contribution is 5.97. The smallest absolute Gasteiger partial charge is 0.340 e. The molecule has 180 valence electrons. The summed E-state index contributed by atoms with van der Waals surface area (Å²) in [5, 5.41) is 15.7.